The summed E-state index contributed by atoms with van der Waals surface area (Å²) in [4.78, 5) is 10.2. The average molecular weight is 652 g/mol. The first kappa shape index (κ1) is 23.3. The Morgan fingerprint density at radius 3 is 1.19 bits per heavy atom. The van der Waals surface area contributed by atoms with Crippen molar-refractivity contribution in [1.29, 1.82) is 0 Å². The van der Waals surface area contributed by atoms with Crippen molar-refractivity contribution in [3.05, 3.63) is 132 Å². The zero-order chi connectivity index (χ0) is 23.9. The third-order valence-corrected chi connectivity index (χ3v) is 6.60. The van der Waals surface area contributed by atoms with E-state index in [-0.39, 0.29) is 21.1 Å². The van der Waals surface area contributed by atoms with Gasteiger partial charge < -0.3 is 0 Å². The van der Waals surface area contributed by atoms with Crippen LogP contribution >= 0.6 is 0 Å². The first-order valence-corrected chi connectivity index (χ1v) is 12.0. The minimum atomic E-state index is 0. The van der Waals surface area contributed by atoms with Gasteiger partial charge in [-0.1, -0.05) is 94.7 Å². The Balaban J connectivity index is 0.00000252. The summed E-state index contributed by atoms with van der Waals surface area (Å²) in [5.41, 5.74) is 7.97. The van der Waals surface area contributed by atoms with Crippen molar-refractivity contribution >= 4 is 45.8 Å². The predicted octanol–water partition coefficient (Wildman–Crippen LogP) is 8.37. The maximum absolute atomic E-state index is 5.08. The van der Waals surface area contributed by atoms with Gasteiger partial charge >= 0.3 is 21.1 Å². The van der Waals surface area contributed by atoms with Gasteiger partial charge in [-0.2, -0.15) is 0 Å². The van der Waals surface area contributed by atoms with E-state index in [1.807, 2.05) is 12.1 Å². The summed E-state index contributed by atoms with van der Waals surface area (Å²) < 4.78 is 0. The minimum absolute atomic E-state index is 0. The Morgan fingerprint density at radius 2 is 0.757 bits per heavy atom. The van der Waals surface area contributed by atoms with E-state index in [1.54, 1.807) is 0 Å². The van der Waals surface area contributed by atoms with Gasteiger partial charge in [0.2, 0.25) is 0 Å². The number of hydrogen-bond donors (Lipinski definition) is 0. The monoisotopic (exact) mass is 651 g/mol. The summed E-state index contributed by atoms with van der Waals surface area (Å²) in [7, 11) is 0. The van der Waals surface area contributed by atoms with Gasteiger partial charge in [0.25, 0.3) is 0 Å². The van der Waals surface area contributed by atoms with Crippen LogP contribution < -0.4 is 0 Å². The topological polar surface area (TPSA) is 25.8 Å². The van der Waals surface area contributed by atoms with Crippen LogP contribution in [0.25, 0.3) is 68.1 Å². The third-order valence-electron chi connectivity index (χ3n) is 6.60. The number of hydrogen-bond acceptors (Lipinski definition) is 2. The molecule has 4 aromatic carbocycles. The van der Waals surface area contributed by atoms with Crippen LogP contribution in [0.5, 0.6) is 0 Å². The molecule has 0 saturated heterocycles. The van der Waals surface area contributed by atoms with Crippen molar-refractivity contribution in [2.24, 2.45) is 0 Å². The van der Waals surface area contributed by atoms with E-state index < -0.39 is 0 Å². The van der Waals surface area contributed by atoms with E-state index >= 15 is 0 Å². The number of aromatic nitrogens is 2. The molecule has 0 amide bonds. The molecule has 3 heterocycles. The fraction of sp³-hybridized carbons (Fsp3) is 0. The molecule has 37 heavy (non-hydrogen) atoms. The summed E-state index contributed by atoms with van der Waals surface area (Å²) in [6, 6.07) is 40.6. The fourth-order valence-electron chi connectivity index (χ4n) is 4.92. The molecule has 0 N–H and O–H groups in total. The second kappa shape index (κ2) is 9.73. The van der Waals surface area contributed by atoms with Gasteiger partial charge in [0.1, 0.15) is 0 Å². The van der Waals surface area contributed by atoms with Crippen LogP contribution in [-0.2, 0) is 21.1 Å². The number of nitrogens with zero attached hydrogens (tertiary/aromatic N) is 2. The predicted molar refractivity (Wildman–Crippen MR) is 150 cm³/mol. The molecule has 1 aromatic heterocycles. The molecule has 2 aliphatic heterocycles. The molecule has 0 aliphatic carbocycles. The Kier molecular flexibility index (Phi) is 6.12. The summed E-state index contributed by atoms with van der Waals surface area (Å²) in [5.74, 6) is 0. The molecule has 0 radical (unpaired) electrons. The Morgan fingerprint density at radius 1 is 0.378 bits per heavy atom. The van der Waals surface area contributed by atoms with Gasteiger partial charge in [-0.15, -0.1) is 59.3 Å². The van der Waals surface area contributed by atoms with Crippen molar-refractivity contribution in [1.82, 2.24) is 9.97 Å². The fourth-order valence-corrected chi connectivity index (χ4v) is 4.92. The molecule has 0 unspecified atom stereocenters. The van der Waals surface area contributed by atoms with Crippen LogP contribution in [0.1, 0.15) is 22.8 Å². The smallest absolute Gasteiger partial charge is 0.295 e. The van der Waals surface area contributed by atoms with Gasteiger partial charge in [-0.05, 0) is 23.3 Å². The Labute approximate surface area is 230 Å². The molecule has 176 valence electrons. The largest absolute Gasteiger partial charge is 2.00 e. The first-order valence-electron chi connectivity index (χ1n) is 12.0. The average Bonchev–Trinajstić information content (AvgIpc) is 3.61. The molecule has 3 heteroatoms. The maximum Gasteiger partial charge on any atom is 2.00 e. The molecule has 2 aliphatic rings. The summed E-state index contributed by atoms with van der Waals surface area (Å²) in [6.45, 7) is 0. The maximum atomic E-state index is 5.08. The SMILES string of the molecule is [Pt+2].[c-]1c2cccc1c(-c1ccccc1)c1nc(c3[c-]c(ccc3)c(-c3ccccc3)c3nc2C=C3)C=C1. The number of benzene rings is 4. The van der Waals surface area contributed by atoms with Gasteiger partial charge in [-0.3, -0.25) is 9.97 Å². The molecular formula is C34H20N2Pt. The Bertz CT molecular complexity index is 1680. The van der Waals surface area contributed by atoms with Crippen molar-refractivity contribution in [3.63, 3.8) is 0 Å². The molecule has 0 fully saturated rings. The molecule has 0 saturated carbocycles. The van der Waals surface area contributed by atoms with Gasteiger partial charge in [0, 0.05) is 22.8 Å². The number of rotatable bonds is 2. The van der Waals surface area contributed by atoms with Gasteiger partial charge in [0.05, 0.1) is 0 Å². The first-order chi connectivity index (χ1) is 17.8. The quantitative estimate of drug-likeness (QED) is 0.176. The van der Waals surface area contributed by atoms with Crippen LogP contribution in [0.4, 0.5) is 0 Å². The van der Waals surface area contributed by atoms with Crippen molar-refractivity contribution in [2.75, 3.05) is 0 Å². The van der Waals surface area contributed by atoms with Crippen LogP contribution in [0.3, 0.4) is 0 Å². The standard InChI is InChI=1S/C34H20N2.Pt/c1-3-9-23(10-4-1)33-27-15-7-13-25(21-27)30-18-20-32(36-30)34(24-11-5-2-6-12-24)28-16-8-14-26(22-28)29-17-19-31(33)35-29;/h1-20H;/q-2;+2. The van der Waals surface area contributed by atoms with Crippen molar-refractivity contribution in [3.8, 4) is 22.3 Å². The van der Waals surface area contributed by atoms with Crippen LogP contribution in [0.15, 0.2) is 97.1 Å². The molecule has 5 aromatic rings. The van der Waals surface area contributed by atoms with E-state index in [0.29, 0.717) is 0 Å². The summed E-state index contributed by atoms with van der Waals surface area (Å²) in [5, 5.41) is 3.91. The third kappa shape index (κ3) is 4.24. The number of fused-ring (bicyclic) bond motifs is 10. The zero-order valence-corrected chi connectivity index (χ0v) is 22.0. The van der Waals surface area contributed by atoms with Gasteiger partial charge in [0.15, 0.2) is 0 Å². The van der Waals surface area contributed by atoms with E-state index in [1.165, 1.54) is 0 Å². The molecule has 8 bridgehead atoms. The second-order valence-corrected chi connectivity index (χ2v) is 8.87. The molecule has 0 atom stereocenters. The van der Waals surface area contributed by atoms with E-state index in [2.05, 4.69) is 121 Å². The molecule has 7 rings (SSSR count). The second-order valence-electron chi connectivity index (χ2n) is 8.87. The van der Waals surface area contributed by atoms with E-state index in [4.69, 9.17) is 9.97 Å². The zero-order valence-electron chi connectivity index (χ0n) is 19.8. The summed E-state index contributed by atoms with van der Waals surface area (Å²) >= 11 is 0. The van der Waals surface area contributed by atoms with E-state index in [0.717, 1.165) is 66.6 Å². The molecule has 0 spiro atoms. The van der Waals surface area contributed by atoms with Crippen molar-refractivity contribution in [2.45, 2.75) is 0 Å². The van der Waals surface area contributed by atoms with Gasteiger partial charge in [-0.25, -0.2) is 0 Å². The normalized spacial score (nSPS) is 11.9. The van der Waals surface area contributed by atoms with Crippen LogP contribution in [0, 0.1) is 12.1 Å². The van der Waals surface area contributed by atoms with Crippen LogP contribution in [-0.4, -0.2) is 9.97 Å². The van der Waals surface area contributed by atoms with Crippen LogP contribution in [0.2, 0.25) is 0 Å². The Hall–Kier alpha value is -4.13. The van der Waals surface area contributed by atoms with Crippen molar-refractivity contribution < 1.29 is 21.1 Å². The van der Waals surface area contributed by atoms with E-state index in [9.17, 15) is 0 Å². The minimum Gasteiger partial charge on any atom is -0.295 e. The molecular weight excluding hydrogens is 631 g/mol. The summed E-state index contributed by atoms with van der Waals surface area (Å²) in [6.07, 6.45) is 8.35. The molecule has 2 nitrogen and oxygen atoms in total.